The fourth-order valence-electron chi connectivity index (χ4n) is 2.27. The maximum absolute atomic E-state index is 12.0. The Morgan fingerprint density at radius 2 is 1.74 bits per heavy atom. The summed E-state index contributed by atoms with van der Waals surface area (Å²) < 4.78 is 5.26. The van der Waals surface area contributed by atoms with E-state index in [2.05, 4.69) is 41.8 Å². The quantitative estimate of drug-likeness (QED) is 0.770. The van der Waals surface area contributed by atoms with E-state index in [9.17, 15) is 4.79 Å². The van der Waals surface area contributed by atoms with Crippen LogP contribution in [0.5, 0.6) is 5.75 Å². The maximum atomic E-state index is 12.0. The largest absolute Gasteiger partial charge is 0.495 e. The molecule has 0 unspecified atom stereocenters. The highest BCUT2D eigenvalue weighted by atomic mass is 16.5. The Hall–Kier alpha value is -2.33. The first kappa shape index (κ1) is 17.0. The van der Waals surface area contributed by atoms with Gasteiger partial charge >= 0.3 is 0 Å². The average Bonchev–Trinajstić information content (AvgIpc) is 2.53. The van der Waals surface area contributed by atoms with Gasteiger partial charge in [0, 0.05) is 19.5 Å². The van der Waals surface area contributed by atoms with Crippen LogP contribution in [0.3, 0.4) is 0 Å². The molecule has 0 aromatic heterocycles. The second-order valence-corrected chi connectivity index (χ2v) is 5.66. The molecule has 0 saturated heterocycles. The number of hydrogen-bond acceptors (Lipinski definition) is 3. The van der Waals surface area contributed by atoms with Crippen LogP contribution in [-0.4, -0.2) is 19.6 Å². The van der Waals surface area contributed by atoms with E-state index < -0.39 is 0 Å². The fourth-order valence-corrected chi connectivity index (χ4v) is 2.27. The summed E-state index contributed by atoms with van der Waals surface area (Å²) >= 11 is 0. The molecule has 2 aromatic rings. The van der Waals surface area contributed by atoms with Crippen molar-refractivity contribution in [2.24, 2.45) is 0 Å². The Balaban J connectivity index is 1.77. The lowest BCUT2D eigenvalue weighted by atomic mass is 10.1. The van der Waals surface area contributed by atoms with Crippen LogP contribution in [0.25, 0.3) is 0 Å². The lowest BCUT2D eigenvalue weighted by Gasteiger charge is -2.11. The second-order valence-electron chi connectivity index (χ2n) is 5.66. The van der Waals surface area contributed by atoms with Crippen molar-refractivity contribution in [3.63, 3.8) is 0 Å². The van der Waals surface area contributed by atoms with Gasteiger partial charge in [-0.15, -0.1) is 0 Å². The Labute approximate surface area is 137 Å². The number of benzene rings is 2. The van der Waals surface area contributed by atoms with Crippen molar-refractivity contribution in [2.75, 3.05) is 19.0 Å². The van der Waals surface area contributed by atoms with Crippen molar-refractivity contribution >= 4 is 11.6 Å². The lowest BCUT2D eigenvalue weighted by Crippen LogP contribution is -2.21. The van der Waals surface area contributed by atoms with Gasteiger partial charge in [-0.2, -0.15) is 0 Å². The summed E-state index contributed by atoms with van der Waals surface area (Å²) in [4.78, 5) is 12.0. The van der Waals surface area contributed by atoms with Crippen molar-refractivity contribution in [3.8, 4) is 5.75 Å². The van der Waals surface area contributed by atoms with E-state index in [0.29, 0.717) is 18.7 Å². The van der Waals surface area contributed by atoms with Crippen LogP contribution in [0.15, 0.2) is 42.5 Å². The number of aryl methyl sites for hydroxylation is 2. The zero-order chi connectivity index (χ0) is 16.7. The van der Waals surface area contributed by atoms with E-state index in [0.717, 1.165) is 17.8 Å². The maximum Gasteiger partial charge on any atom is 0.225 e. The third-order valence-electron chi connectivity index (χ3n) is 3.61. The Kier molecular flexibility index (Phi) is 6.18. The van der Waals surface area contributed by atoms with Crippen LogP contribution in [0.2, 0.25) is 0 Å². The van der Waals surface area contributed by atoms with Crippen molar-refractivity contribution in [2.45, 2.75) is 26.8 Å². The number of carbonyl (C=O) groups is 1. The highest BCUT2D eigenvalue weighted by molar-refractivity contribution is 5.92. The van der Waals surface area contributed by atoms with E-state index in [-0.39, 0.29) is 5.91 Å². The molecule has 4 nitrogen and oxygen atoms in total. The second kappa shape index (κ2) is 8.34. The molecule has 0 aliphatic carbocycles. The van der Waals surface area contributed by atoms with E-state index in [1.54, 1.807) is 7.11 Å². The van der Waals surface area contributed by atoms with Gasteiger partial charge in [-0.25, -0.2) is 0 Å². The molecule has 2 aromatic carbocycles. The monoisotopic (exact) mass is 312 g/mol. The number of ether oxygens (including phenoxy) is 1. The minimum Gasteiger partial charge on any atom is -0.495 e. The van der Waals surface area contributed by atoms with Crippen LogP contribution in [-0.2, 0) is 11.3 Å². The van der Waals surface area contributed by atoms with E-state index in [1.165, 1.54) is 11.1 Å². The number of amides is 1. The molecule has 1 amide bonds. The predicted molar refractivity (Wildman–Crippen MR) is 93.9 cm³/mol. The standard InChI is InChI=1S/C19H24N2O2/c1-14-4-7-16(8-5-14)13-20-11-10-19(22)21-17-12-15(2)6-9-18(17)23-3/h4-9,12,20H,10-11,13H2,1-3H3,(H,21,22). The van der Waals surface area contributed by atoms with E-state index in [1.807, 2.05) is 25.1 Å². The van der Waals surface area contributed by atoms with Gasteiger partial charge in [0.1, 0.15) is 5.75 Å². The molecule has 0 saturated carbocycles. The van der Waals surface area contributed by atoms with Gasteiger partial charge in [0.15, 0.2) is 0 Å². The minimum atomic E-state index is -0.0229. The number of rotatable bonds is 7. The molecular weight excluding hydrogens is 288 g/mol. The highest BCUT2D eigenvalue weighted by Crippen LogP contribution is 2.25. The Morgan fingerprint density at radius 1 is 1.04 bits per heavy atom. The Bertz CT molecular complexity index is 651. The van der Waals surface area contributed by atoms with Crippen molar-refractivity contribution in [1.82, 2.24) is 5.32 Å². The predicted octanol–water partition coefficient (Wildman–Crippen LogP) is 3.43. The SMILES string of the molecule is COc1ccc(C)cc1NC(=O)CCNCc1ccc(C)cc1. The average molecular weight is 312 g/mol. The molecule has 23 heavy (non-hydrogen) atoms. The van der Waals surface area contributed by atoms with Gasteiger partial charge in [-0.1, -0.05) is 35.9 Å². The van der Waals surface area contributed by atoms with Gasteiger partial charge in [-0.3, -0.25) is 4.79 Å². The minimum absolute atomic E-state index is 0.0229. The molecule has 0 bridgehead atoms. The molecule has 4 heteroatoms. The smallest absolute Gasteiger partial charge is 0.225 e. The lowest BCUT2D eigenvalue weighted by molar-refractivity contribution is -0.116. The number of carbonyl (C=O) groups excluding carboxylic acids is 1. The van der Waals surface area contributed by atoms with E-state index >= 15 is 0 Å². The third kappa shape index (κ3) is 5.42. The van der Waals surface area contributed by atoms with Gasteiger partial charge < -0.3 is 15.4 Å². The zero-order valence-corrected chi connectivity index (χ0v) is 14.0. The van der Waals surface area contributed by atoms with Gasteiger partial charge in [0.2, 0.25) is 5.91 Å². The summed E-state index contributed by atoms with van der Waals surface area (Å²) in [5.41, 5.74) is 4.27. The van der Waals surface area contributed by atoms with Crippen LogP contribution >= 0.6 is 0 Å². The van der Waals surface area contributed by atoms with Crippen LogP contribution in [0.4, 0.5) is 5.69 Å². The molecule has 0 heterocycles. The van der Waals surface area contributed by atoms with Crippen molar-refractivity contribution < 1.29 is 9.53 Å². The molecule has 0 atom stereocenters. The summed E-state index contributed by atoms with van der Waals surface area (Å²) in [6.07, 6.45) is 0.420. The van der Waals surface area contributed by atoms with Crippen LogP contribution in [0.1, 0.15) is 23.1 Å². The molecule has 122 valence electrons. The molecule has 0 fully saturated rings. The summed E-state index contributed by atoms with van der Waals surface area (Å²) in [6, 6.07) is 14.1. The number of hydrogen-bond donors (Lipinski definition) is 2. The normalized spacial score (nSPS) is 10.4. The number of methoxy groups -OCH3 is 1. The molecule has 2 rings (SSSR count). The first-order chi connectivity index (χ1) is 11.1. The topological polar surface area (TPSA) is 50.4 Å². The molecule has 2 N–H and O–H groups in total. The Morgan fingerprint density at radius 3 is 2.43 bits per heavy atom. The summed E-state index contributed by atoms with van der Waals surface area (Å²) in [5.74, 6) is 0.655. The molecule has 0 radical (unpaired) electrons. The van der Waals surface area contributed by atoms with Crippen LogP contribution in [0, 0.1) is 13.8 Å². The fraction of sp³-hybridized carbons (Fsp3) is 0.316. The first-order valence-electron chi connectivity index (χ1n) is 7.79. The van der Waals surface area contributed by atoms with Crippen molar-refractivity contribution in [1.29, 1.82) is 0 Å². The zero-order valence-electron chi connectivity index (χ0n) is 14.0. The number of nitrogens with one attached hydrogen (secondary N) is 2. The van der Waals surface area contributed by atoms with Crippen molar-refractivity contribution in [3.05, 3.63) is 59.2 Å². The van der Waals surface area contributed by atoms with Gasteiger partial charge in [0.25, 0.3) is 0 Å². The molecular formula is C19H24N2O2. The van der Waals surface area contributed by atoms with Crippen LogP contribution < -0.4 is 15.4 Å². The highest BCUT2D eigenvalue weighted by Gasteiger charge is 2.07. The molecule has 0 spiro atoms. The molecule has 0 aliphatic rings. The summed E-state index contributed by atoms with van der Waals surface area (Å²) in [5, 5.41) is 6.19. The van der Waals surface area contributed by atoms with Gasteiger partial charge in [0.05, 0.1) is 12.8 Å². The van der Waals surface area contributed by atoms with E-state index in [4.69, 9.17) is 4.74 Å². The molecule has 0 aliphatic heterocycles. The number of anilines is 1. The van der Waals surface area contributed by atoms with Gasteiger partial charge in [-0.05, 0) is 37.1 Å². The first-order valence-corrected chi connectivity index (χ1v) is 7.79. The summed E-state index contributed by atoms with van der Waals surface area (Å²) in [6.45, 7) is 5.45. The summed E-state index contributed by atoms with van der Waals surface area (Å²) in [7, 11) is 1.60. The third-order valence-corrected chi connectivity index (χ3v) is 3.61.